The van der Waals surface area contributed by atoms with Crippen LogP contribution in [0.2, 0.25) is 0 Å². The molecule has 0 aliphatic carbocycles. The monoisotopic (exact) mass is 363 g/mol. The molecule has 1 amide bonds. The van der Waals surface area contributed by atoms with Gasteiger partial charge in [-0.1, -0.05) is 0 Å². The standard InChI is InChI=1S/C19H14FN5O2/c1-27-15-7-6-13(10-22-15)23-19(26)14-8-9-21-18-16(14)24-17(25-18)11-2-4-12(20)5-3-11/h2-10H,1H3,(H,23,26)(H,21,24,25). The van der Waals surface area contributed by atoms with Crippen molar-refractivity contribution < 1.29 is 13.9 Å². The molecule has 0 atom stereocenters. The Balaban J connectivity index is 1.66. The van der Waals surface area contributed by atoms with Crippen LogP contribution in [0, 0.1) is 5.82 Å². The lowest BCUT2D eigenvalue weighted by Crippen LogP contribution is -2.12. The van der Waals surface area contributed by atoms with Crippen LogP contribution in [0.15, 0.2) is 54.9 Å². The highest BCUT2D eigenvalue weighted by molar-refractivity contribution is 6.11. The summed E-state index contributed by atoms with van der Waals surface area (Å²) in [5.74, 6) is 0.284. The van der Waals surface area contributed by atoms with Crippen molar-refractivity contribution in [2.45, 2.75) is 0 Å². The second kappa shape index (κ2) is 6.83. The van der Waals surface area contributed by atoms with E-state index in [1.54, 1.807) is 30.3 Å². The number of amides is 1. The van der Waals surface area contributed by atoms with Crippen LogP contribution in [0.5, 0.6) is 5.88 Å². The van der Waals surface area contributed by atoms with Crippen LogP contribution >= 0.6 is 0 Å². The lowest BCUT2D eigenvalue weighted by atomic mass is 10.2. The number of anilines is 1. The summed E-state index contributed by atoms with van der Waals surface area (Å²) in [6.07, 6.45) is 3.03. The Bertz CT molecular complexity index is 1110. The van der Waals surface area contributed by atoms with Crippen molar-refractivity contribution in [3.63, 3.8) is 0 Å². The summed E-state index contributed by atoms with van der Waals surface area (Å²) in [7, 11) is 1.52. The molecule has 27 heavy (non-hydrogen) atoms. The van der Waals surface area contributed by atoms with E-state index < -0.39 is 0 Å². The van der Waals surface area contributed by atoms with E-state index in [1.165, 1.54) is 31.6 Å². The van der Waals surface area contributed by atoms with E-state index in [4.69, 9.17) is 4.74 Å². The second-order valence-corrected chi connectivity index (χ2v) is 5.69. The molecule has 0 saturated heterocycles. The Morgan fingerprint density at radius 2 is 1.93 bits per heavy atom. The van der Waals surface area contributed by atoms with Crippen molar-refractivity contribution in [1.82, 2.24) is 19.9 Å². The molecule has 7 nitrogen and oxygen atoms in total. The summed E-state index contributed by atoms with van der Waals surface area (Å²) in [4.78, 5) is 28.5. The van der Waals surface area contributed by atoms with Gasteiger partial charge in [0.25, 0.3) is 5.91 Å². The second-order valence-electron chi connectivity index (χ2n) is 5.69. The maximum atomic E-state index is 13.1. The maximum Gasteiger partial charge on any atom is 0.258 e. The van der Waals surface area contributed by atoms with Gasteiger partial charge in [-0.25, -0.2) is 19.3 Å². The van der Waals surface area contributed by atoms with Gasteiger partial charge in [0.1, 0.15) is 17.2 Å². The number of benzene rings is 1. The van der Waals surface area contributed by atoms with Crippen molar-refractivity contribution in [3.05, 3.63) is 66.2 Å². The molecule has 4 aromatic rings. The SMILES string of the molecule is COc1ccc(NC(=O)c2ccnc3[nH]c(-c4ccc(F)cc4)nc23)cn1. The van der Waals surface area contributed by atoms with Crippen LogP contribution < -0.4 is 10.1 Å². The van der Waals surface area contributed by atoms with Crippen LogP contribution in [0.3, 0.4) is 0 Å². The Kier molecular flexibility index (Phi) is 4.21. The predicted octanol–water partition coefficient (Wildman–Crippen LogP) is 3.42. The van der Waals surface area contributed by atoms with Crippen LogP contribution in [-0.2, 0) is 0 Å². The Hall–Kier alpha value is -3.81. The third-order valence-electron chi connectivity index (χ3n) is 3.95. The molecular formula is C19H14FN5O2. The van der Waals surface area contributed by atoms with Gasteiger partial charge in [-0.2, -0.15) is 0 Å². The molecule has 134 valence electrons. The zero-order valence-electron chi connectivity index (χ0n) is 14.2. The number of ether oxygens (including phenoxy) is 1. The molecule has 0 bridgehead atoms. The number of hydrogen-bond acceptors (Lipinski definition) is 5. The first-order valence-corrected chi connectivity index (χ1v) is 8.06. The average Bonchev–Trinajstić information content (AvgIpc) is 3.13. The van der Waals surface area contributed by atoms with Gasteiger partial charge in [-0.15, -0.1) is 0 Å². The number of hydrogen-bond donors (Lipinski definition) is 2. The predicted molar refractivity (Wildman–Crippen MR) is 98.0 cm³/mol. The molecule has 0 saturated carbocycles. The van der Waals surface area contributed by atoms with E-state index in [2.05, 4.69) is 25.3 Å². The van der Waals surface area contributed by atoms with Gasteiger partial charge in [0.2, 0.25) is 5.88 Å². The summed E-state index contributed by atoms with van der Waals surface area (Å²) >= 11 is 0. The Morgan fingerprint density at radius 3 is 2.63 bits per heavy atom. The van der Waals surface area contributed by atoms with Crippen LogP contribution in [0.25, 0.3) is 22.6 Å². The Morgan fingerprint density at radius 1 is 1.11 bits per heavy atom. The lowest BCUT2D eigenvalue weighted by Gasteiger charge is -2.06. The number of fused-ring (bicyclic) bond motifs is 1. The van der Waals surface area contributed by atoms with Gasteiger partial charge in [-0.3, -0.25) is 4.79 Å². The number of nitrogens with zero attached hydrogens (tertiary/aromatic N) is 3. The minimum Gasteiger partial charge on any atom is -0.481 e. The first-order chi connectivity index (χ1) is 13.1. The fraction of sp³-hybridized carbons (Fsp3) is 0.0526. The van der Waals surface area contributed by atoms with Gasteiger partial charge < -0.3 is 15.0 Å². The van der Waals surface area contributed by atoms with E-state index in [-0.39, 0.29) is 11.7 Å². The van der Waals surface area contributed by atoms with Crippen LogP contribution in [0.1, 0.15) is 10.4 Å². The largest absolute Gasteiger partial charge is 0.481 e. The van der Waals surface area contributed by atoms with Gasteiger partial charge >= 0.3 is 0 Å². The molecule has 3 aromatic heterocycles. The molecule has 0 spiro atoms. The fourth-order valence-corrected chi connectivity index (χ4v) is 2.61. The van der Waals surface area contributed by atoms with Crippen molar-refractivity contribution in [1.29, 1.82) is 0 Å². The minimum absolute atomic E-state index is 0.332. The van der Waals surface area contributed by atoms with Gasteiger partial charge in [0.05, 0.1) is 24.6 Å². The fourth-order valence-electron chi connectivity index (χ4n) is 2.61. The number of methoxy groups -OCH3 is 1. The number of carbonyl (C=O) groups is 1. The van der Waals surface area contributed by atoms with Crippen molar-refractivity contribution in [2.75, 3.05) is 12.4 Å². The van der Waals surface area contributed by atoms with Gasteiger partial charge in [-0.05, 0) is 36.4 Å². The minimum atomic E-state index is -0.341. The van der Waals surface area contributed by atoms with E-state index in [0.717, 1.165) is 0 Å². The number of aromatic nitrogens is 4. The molecule has 8 heteroatoms. The molecule has 0 fully saturated rings. The summed E-state index contributed by atoms with van der Waals surface area (Å²) in [6, 6.07) is 10.8. The van der Waals surface area contributed by atoms with E-state index in [1.807, 2.05) is 0 Å². The van der Waals surface area contributed by atoms with Crippen molar-refractivity contribution in [3.8, 4) is 17.3 Å². The highest BCUT2D eigenvalue weighted by atomic mass is 19.1. The van der Waals surface area contributed by atoms with E-state index >= 15 is 0 Å². The normalized spacial score (nSPS) is 10.7. The third kappa shape index (κ3) is 3.32. The summed E-state index contributed by atoms with van der Waals surface area (Å²) in [6.45, 7) is 0. The molecule has 0 aliphatic heterocycles. The summed E-state index contributed by atoms with van der Waals surface area (Å²) in [5.41, 5.74) is 2.48. The number of rotatable bonds is 4. The molecule has 2 N–H and O–H groups in total. The maximum absolute atomic E-state index is 13.1. The number of carbonyl (C=O) groups excluding carboxylic acids is 1. The molecule has 4 rings (SSSR count). The lowest BCUT2D eigenvalue weighted by molar-refractivity contribution is 0.102. The number of pyridine rings is 2. The van der Waals surface area contributed by atoms with Gasteiger partial charge in [0, 0.05) is 17.8 Å². The first-order valence-electron chi connectivity index (χ1n) is 8.06. The Labute approximate surface area is 153 Å². The zero-order chi connectivity index (χ0) is 18.8. The number of aromatic amines is 1. The number of H-pyrrole nitrogens is 1. The summed E-state index contributed by atoms with van der Waals surface area (Å²) < 4.78 is 18.1. The summed E-state index contributed by atoms with van der Waals surface area (Å²) in [5, 5.41) is 2.77. The molecule has 3 heterocycles. The molecule has 0 unspecified atom stereocenters. The molecular weight excluding hydrogens is 349 g/mol. The topological polar surface area (TPSA) is 92.8 Å². The number of nitrogens with one attached hydrogen (secondary N) is 2. The third-order valence-corrected chi connectivity index (χ3v) is 3.95. The smallest absolute Gasteiger partial charge is 0.258 e. The quantitative estimate of drug-likeness (QED) is 0.579. The number of halogens is 1. The highest BCUT2D eigenvalue weighted by Gasteiger charge is 2.16. The zero-order valence-corrected chi connectivity index (χ0v) is 14.2. The van der Waals surface area contributed by atoms with Crippen LogP contribution in [0.4, 0.5) is 10.1 Å². The van der Waals surface area contributed by atoms with E-state index in [9.17, 15) is 9.18 Å². The molecule has 0 radical (unpaired) electrons. The molecule has 1 aromatic carbocycles. The average molecular weight is 363 g/mol. The first kappa shape index (κ1) is 16.6. The number of imidazole rings is 1. The van der Waals surface area contributed by atoms with Crippen molar-refractivity contribution >= 4 is 22.8 Å². The highest BCUT2D eigenvalue weighted by Crippen LogP contribution is 2.22. The van der Waals surface area contributed by atoms with Crippen molar-refractivity contribution in [2.24, 2.45) is 0 Å². The van der Waals surface area contributed by atoms with E-state index in [0.29, 0.717) is 39.7 Å². The van der Waals surface area contributed by atoms with Crippen LogP contribution in [-0.4, -0.2) is 33.0 Å². The van der Waals surface area contributed by atoms with Gasteiger partial charge in [0.15, 0.2) is 5.65 Å². The molecule has 0 aliphatic rings.